The number of carbonyl (C=O) groups excluding carboxylic acids is 1. The van der Waals surface area contributed by atoms with Crippen LogP contribution in [0.2, 0.25) is 0 Å². The highest BCUT2D eigenvalue weighted by Crippen LogP contribution is 2.28. The van der Waals surface area contributed by atoms with Gasteiger partial charge in [0.15, 0.2) is 0 Å². The van der Waals surface area contributed by atoms with Gasteiger partial charge in [-0.05, 0) is 37.1 Å². The minimum absolute atomic E-state index is 0.0154. The van der Waals surface area contributed by atoms with E-state index in [1.807, 2.05) is 27.1 Å². The highest BCUT2D eigenvalue weighted by Gasteiger charge is 2.30. The second-order valence-electron chi connectivity index (χ2n) is 5.48. The van der Waals surface area contributed by atoms with Crippen molar-refractivity contribution >= 4 is 28.6 Å². The summed E-state index contributed by atoms with van der Waals surface area (Å²) in [4.78, 5) is 19.0. The molecule has 6 heteroatoms. The van der Waals surface area contributed by atoms with E-state index in [1.54, 1.807) is 11.3 Å². The minimum atomic E-state index is -0.0154. The van der Waals surface area contributed by atoms with E-state index in [2.05, 4.69) is 11.9 Å². The molecule has 112 valence electrons. The zero-order chi connectivity index (χ0) is 14.8. The van der Waals surface area contributed by atoms with Gasteiger partial charge in [-0.25, -0.2) is 4.98 Å². The van der Waals surface area contributed by atoms with Crippen molar-refractivity contribution in [1.82, 2.24) is 9.88 Å². The van der Waals surface area contributed by atoms with Gasteiger partial charge in [0, 0.05) is 35.5 Å². The maximum absolute atomic E-state index is 12.6. The topological polar surface area (TPSA) is 53.4 Å². The zero-order valence-electron chi connectivity index (χ0n) is 11.9. The largest absolute Gasteiger partial charge is 0.396 e. The summed E-state index contributed by atoms with van der Waals surface area (Å²) in [6.07, 6.45) is 1.93. The second kappa shape index (κ2) is 6.25. The molecule has 1 fully saturated rings. The van der Waals surface area contributed by atoms with Crippen molar-refractivity contribution in [2.75, 3.05) is 13.2 Å². The van der Waals surface area contributed by atoms with Gasteiger partial charge < -0.3 is 10.0 Å². The first-order valence-electron chi connectivity index (χ1n) is 7.09. The number of aromatic nitrogens is 1. The fourth-order valence-electron chi connectivity index (χ4n) is 2.65. The summed E-state index contributed by atoms with van der Waals surface area (Å²) in [6, 6.07) is 2.23. The van der Waals surface area contributed by atoms with Gasteiger partial charge in [-0.15, -0.1) is 11.3 Å². The van der Waals surface area contributed by atoms with Crippen LogP contribution in [0, 0.1) is 5.92 Å². The van der Waals surface area contributed by atoms with Crippen LogP contribution in [0.25, 0.3) is 10.6 Å². The van der Waals surface area contributed by atoms with Gasteiger partial charge in [0.1, 0.15) is 10.7 Å². The molecule has 1 amide bonds. The molecule has 0 aliphatic carbocycles. The van der Waals surface area contributed by atoms with Crippen molar-refractivity contribution in [3.8, 4) is 10.6 Å². The first-order valence-corrected chi connectivity index (χ1v) is 8.91. The quantitative estimate of drug-likeness (QED) is 0.944. The van der Waals surface area contributed by atoms with Crippen LogP contribution in [-0.4, -0.2) is 40.1 Å². The standard InChI is InChI=1S/C15H18N2O2S2/c1-10-2-3-11(7-18)6-17(10)15(19)13-9-21-14(16-13)12-4-5-20-8-12/h4-5,8-11,18H,2-3,6-7H2,1H3. The molecule has 0 bridgehead atoms. The molecule has 0 radical (unpaired) electrons. The molecule has 3 rings (SSSR count). The van der Waals surface area contributed by atoms with Crippen LogP contribution >= 0.6 is 22.7 Å². The second-order valence-corrected chi connectivity index (χ2v) is 7.12. The molecule has 0 spiro atoms. The third-order valence-corrected chi connectivity index (χ3v) is 5.56. The summed E-state index contributed by atoms with van der Waals surface area (Å²) in [5.74, 6) is 0.179. The molecule has 3 heterocycles. The zero-order valence-corrected chi connectivity index (χ0v) is 13.5. The molecule has 1 aliphatic rings. The van der Waals surface area contributed by atoms with E-state index in [0.29, 0.717) is 12.2 Å². The van der Waals surface area contributed by atoms with Crippen LogP contribution in [0.1, 0.15) is 30.3 Å². The third kappa shape index (κ3) is 3.02. The molecular weight excluding hydrogens is 304 g/mol. The van der Waals surface area contributed by atoms with Crippen molar-refractivity contribution < 1.29 is 9.90 Å². The number of carbonyl (C=O) groups is 1. The number of thiazole rings is 1. The Bertz CT molecular complexity index is 609. The van der Waals surface area contributed by atoms with Crippen molar-refractivity contribution in [2.24, 2.45) is 5.92 Å². The number of piperidine rings is 1. The number of likely N-dealkylation sites (tertiary alicyclic amines) is 1. The van der Waals surface area contributed by atoms with Gasteiger partial charge in [0.2, 0.25) is 0 Å². The van der Waals surface area contributed by atoms with Crippen LogP contribution in [0.3, 0.4) is 0 Å². The lowest BCUT2D eigenvalue weighted by Gasteiger charge is -2.37. The Morgan fingerprint density at radius 3 is 3.05 bits per heavy atom. The van der Waals surface area contributed by atoms with Gasteiger partial charge in [-0.1, -0.05) is 0 Å². The fraction of sp³-hybridized carbons (Fsp3) is 0.467. The molecule has 0 saturated carbocycles. The number of rotatable bonds is 3. The van der Waals surface area contributed by atoms with E-state index >= 15 is 0 Å². The summed E-state index contributed by atoms with van der Waals surface area (Å²) in [7, 11) is 0. The van der Waals surface area contributed by atoms with Gasteiger partial charge in [-0.3, -0.25) is 4.79 Å². The predicted molar refractivity (Wildman–Crippen MR) is 85.7 cm³/mol. The van der Waals surface area contributed by atoms with Gasteiger partial charge in [-0.2, -0.15) is 11.3 Å². The summed E-state index contributed by atoms with van der Waals surface area (Å²) in [5.41, 5.74) is 1.59. The Kier molecular flexibility index (Phi) is 4.37. The average Bonchev–Trinajstić information content (AvgIpc) is 3.18. The molecular formula is C15H18N2O2S2. The molecule has 2 aromatic rings. The van der Waals surface area contributed by atoms with E-state index in [4.69, 9.17) is 0 Å². The first-order chi connectivity index (χ1) is 10.2. The summed E-state index contributed by atoms with van der Waals surface area (Å²) < 4.78 is 0. The van der Waals surface area contributed by atoms with Gasteiger partial charge in [0.25, 0.3) is 5.91 Å². The Labute approximate surface area is 132 Å². The molecule has 1 saturated heterocycles. The molecule has 21 heavy (non-hydrogen) atoms. The molecule has 2 unspecified atom stereocenters. The SMILES string of the molecule is CC1CCC(CO)CN1C(=O)c1csc(-c2ccsc2)n1. The van der Waals surface area contributed by atoms with Crippen LogP contribution in [0.5, 0.6) is 0 Å². The third-order valence-electron chi connectivity index (χ3n) is 3.99. The van der Waals surface area contributed by atoms with Gasteiger partial charge >= 0.3 is 0 Å². The Balaban J connectivity index is 1.78. The smallest absolute Gasteiger partial charge is 0.273 e. The molecule has 2 atom stereocenters. The molecule has 0 aromatic carbocycles. The number of thiophene rings is 1. The van der Waals surface area contributed by atoms with Crippen LogP contribution < -0.4 is 0 Å². The average molecular weight is 322 g/mol. The molecule has 1 N–H and O–H groups in total. The van der Waals surface area contributed by atoms with E-state index in [1.165, 1.54) is 11.3 Å². The van der Waals surface area contributed by atoms with Crippen LogP contribution in [-0.2, 0) is 0 Å². The van der Waals surface area contributed by atoms with Crippen LogP contribution in [0.15, 0.2) is 22.2 Å². The summed E-state index contributed by atoms with van der Waals surface area (Å²) >= 11 is 3.13. The fourth-order valence-corrected chi connectivity index (χ4v) is 4.16. The maximum Gasteiger partial charge on any atom is 0.273 e. The first kappa shape index (κ1) is 14.7. The van der Waals surface area contributed by atoms with Crippen molar-refractivity contribution in [1.29, 1.82) is 0 Å². The molecule has 1 aliphatic heterocycles. The lowest BCUT2D eigenvalue weighted by molar-refractivity contribution is 0.0484. The Hall–Kier alpha value is -1.24. The highest BCUT2D eigenvalue weighted by molar-refractivity contribution is 7.14. The number of amides is 1. The number of aliphatic hydroxyl groups is 1. The minimum Gasteiger partial charge on any atom is -0.396 e. The number of hydrogen-bond acceptors (Lipinski definition) is 5. The summed E-state index contributed by atoms with van der Waals surface area (Å²) in [6.45, 7) is 2.84. The van der Waals surface area contributed by atoms with Crippen molar-refractivity contribution in [3.63, 3.8) is 0 Å². The van der Waals surface area contributed by atoms with E-state index in [-0.39, 0.29) is 24.5 Å². The maximum atomic E-state index is 12.6. The lowest BCUT2D eigenvalue weighted by atomic mass is 9.94. The Morgan fingerprint density at radius 1 is 1.48 bits per heavy atom. The normalized spacial score (nSPS) is 22.5. The predicted octanol–water partition coefficient (Wildman–Crippen LogP) is 3.10. The van der Waals surface area contributed by atoms with Crippen molar-refractivity contribution in [3.05, 3.63) is 27.9 Å². The van der Waals surface area contributed by atoms with E-state index in [0.717, 1.165) is 23.4 Å². The highest BCUT2D eigenvalue weighted by atomic mass is 32.1. The lowest BCUT2D eigenvalue weighted by Crippen LogP contribution is -2.46. The number of hydrogen-bond donors (Lipinski definition) is 1. The summed E-state index contributed by atoms with van der Waals surface area (Å²) in [5, 5.41) is 16.1. The number of aliphatic hydroxyl groups excluding tert-OH is 1. The van der Waals surface area contributed by atoms with Gasteiger partial charge in [0.05, 0.1) is 0 Å². The van der Waals surface area contributed by atoms with Crippen LogP contribution in [0.4, 0.5) is 0 Å². The monoisotopic (exact) mass is 322 g/mol. The van der Waals surface area contributed by atoms with E-state index < -0.39 is 0 Å². The molecule has 2 aromatic heterocycles. The molecule has 4 nitrogen and oxygen atoms in total. The number of nitrogens with zero attached hydrogens (tertiary/aromatic N) is 2. The van der Waals surface area contributed by atoms with Crippen molar-refractivity contribution in [2.45, 2.75) is 25.8 Å². The Morgan fingerprint density at radius 2 is 2.33 bits per heavy atom. The van der Waals surface area contributed by atoms with E-state index in [9.17, 15) is 9.90 Å².